The van der Waals surface area contributed by atoms with Crippen LogP contribution in [0.2, 0.25) is 0 Å². The molecule has 71 heavy (non-hydrogen) atoms. The molecule has 4 aromatic carbocycles. The number of pyridine rings is 2. The van der Waals surface area contributed by atoms with Gasteiger partial charge in [0.2, 0.25) is 0 Å². The largest absolute Gasteiger partial charge is 0.457 e. The second-order valence-electron chi connectivity index (χ2n) is 18.8. The van der Waals surface area contributed by atoms with Crippen molar-refractivity contribution in [3.8, 4) is 34.4 Å². The molecule has 17 nitrogen and oxygen atoms in total. The Morgan fingerprint density at radius 2 is 1.23 bits per heavy atom. The Hall–Kier alpha value is -8.18. The van der Waals surface area contributed by atoms with Crippen LogP contribution in [-0.4, -0.2) is 96.3 Å². The summed E-state index contributed by atoms with van der Waals surface area (Å²) in [5.41, 5.74) is 9.44. The molecule has 3 N–H and O–H groups in total. The third-order valence-electron chi connectivity index (χ3n) is 12.2. The number of anilines is 1. The molecule has 0 saturated carbocycles. The van der Waals surface area contributed by atoms with Crippen LogP contribution in [0.4, 0.5) is 16.4 Å². The molecule has 8 aromatic rings. The van der Waals surface area contributed by atoms with Gasteiger partial charge in [0.1, 0.15) is 45.5 Å². The molecular formula is C54H59N11O6. The zero-order valence-electron chi connectivity index (χ0n) is 40.6. The summed E-state index contributed by atoms with van der Waals surface area (Å²) in [6.45, 7) is 8.26. The fraction of sp³-hybridized carbons (Fsp3) is 0.296. The Bertz CT molecular complexity index is 3260. The smallest absolute Gasteiger partial charge is 0.410 e. The highest BCUT2D eigenvalue weighted by atomic mass is 16.6. The molecule has 2 fully saturated rings. The number of carbonyl (C=O) groups is 1. The highest BCUT2D eigenvalue weighted by molar-refractivity contribution is 5.89. The Labute approximate surface area is 411 Å². The number of carbonyl (C=O) groups excluding carboxylic acids is 1. The van der Waals surface area contributed by atoms with Crippen molar-refractivity contribution in [2.45, 2.75) is 64.1 Å². The zero-order chi connectivity index (χ0) is 49.6. The lowest BCUT2D eigenvalue weighted by Gasteiger charge is -2.34. The van der Waals surface area contributed by atoms with Crippen molar-refractivity contribution in [1.82, 2.24) is 43.4 Å². The quantitative estimate of drug-likeness (QED) is 0.0985. The monoisotopic (exact) mass is 957 g/mol. The fourth-order valence-electron chi connectivity index (χ4n) is 9.07. The number of aromatic nitrogens is 6. The van der Waals surface area contributed by atoms with E-state index < -0.39 is 5.60 Å². The molecule has 2 aliphatic heterocycles. The number of nitrogens with two attached hydrogens (primary N) is 1. The number of hydrogen-bond acceptors (Lipinski definition) is 11. The number of rotatable bonds is 10. The maximum Gasteiger partial charge on any atom is 0.410 e. The average molecular weight is 958 g/mol. The van der Waals surface area contributed by atoms with Gasteiger partial charge in [0.15, 0.2) is 5.82 Å². The van der Waals surface area contributed by atoms with E-state index in [1.807, 2.05) is 166 Å². The van der Waals surface area contributed by atoms with E-state index in [1.54, 1.807) is 37.3 Å². The molecule has 0 spiro atoms. The summed E-state index contributed by atoms with van der Waals surface area (Å²) in [6.07, 6.45) is 8.11. The molecule has 10 rings (SSSR count). The summed E-state index contributed by atoms with van der Waals surface area (Å²) < 4.78 is 24.4. The summed E-state index contributed by atoms with van der Waals surface area (Å²) in [5.74, 6) is 3.61. The molecular weight excluding hydrogens is 899 g/mol. The summed E-state index contributed by atoms with van der Waals surface area (Å²) in [6, 6.07) is 37.5. The summed E-state index contributed by atoms with van der Waals surface area (Å²) in [4.78, 5) is 57.5. The predicted octanol–water partition coefficient (Wildman–Crippen LogP) is 9.26. The number of nitrogen functional groups attached to an aromatic ring is 1. The first kappa shape index (κ1) is 47.9. The number of amides is 1. The van der Waals surface area contributed by atoms with Gasteiger partial charge >= 0.3 is 17.5 Å². The maximum absolute atomic E-state index is 14.2. The SMILES string of the molecule is CN(C)C=Nc1nccc2c1n(-c1ccc(Oc3ccccc3)cc1)c(=O)n2[C@@H]1CCCN(C(=O)OC(C)(C)C)C1.Nc1nccc2c1n(-c1ccc(Oc3ccccc3)cc1)c(=O)n2[C@@H]1CCCNC1. The summed E-state index contributed by atoms with van der Waals surface area (Å²) in [5, 5.41) is 3.39. The van der Waals surface area contributed by atoms with Crippen LogP contribution in [0.5, 0.6) is 23.0 Å². The molecule has 6 heterocycles. The fourth-order valence-corrected chi connectivity index (χ4v) is 9.07. The number of imidazole rings is 2. The standard InChI is InChI=1S/C31H36N6O4.C23H23N5O2/c1-31(2,3)41-30(39)35-19-9-10-23(20-35)36-26-17-18-32-28(33-21-34(4)5)27(26)37(29(36)38)22-13-15-25(16-14-22)40-24-11-7-6-8-12-24;24-22-21-20(12-14-26-22)27(17-5-4-13-25-15-17)23(29)28(21)16-8-10-19(11-9-16)30-18-6-2-1-3-7-18/h6-8,11-18,21,23H,9-10,19-20H2,1-5H3;1-3,6-12,14,17,25H,4-5,13,15H2,(H2,24,26)/t23-;17-/m11/s1. The number of benzene rings is 4. The van der Waals surface area contributed by atoms with E-state index in [4.69, 9.17) is 19.9 Å². The van der Waals surface area contributed by atoms with E-state index >= 15 is 0 Å². The highest BCUT2D eigenvalue weighted by Gasteiger charge is 2.32. The van der Waals surface area contributed by atoms with Crippen LogP contribution >= 0.6 is 0 Å². The first-order valence-electron chi connectivity index (χ1n) is 23.9. The van der Waals surface area contributed by atoms with Gasteiger partial charge in [-0.05, 0) is 138 Å². The number of para-hydroxylation sites is 2. The highest BCUT2D eigenvalue weighted by Crippen LogP contribution is 2.33. The number of nitrogens with zero attached hydrogens (tertiary/aromatic N) is 9. The molecule has 2 aliphatic rings. The number of hydrogen-bond donors (Lipinski definition) is 2. The van der Waals surface area contributed by atoms with Crippen LogP contribution in [0.1, 0.15) is 58.5 Å². The molecule has 366 valence electrons. The lowest BCUT2D eigenvalue weighted by atomic mass is 10.1. The Morgan fingerprint density at radius 3 is 1.77 bits per heavy atom. The van der Waals surface area contributed by atoms with Crippen LogP contribution in [0.25, 0.3) is 33.4 Å². The average Bonchev–Trinajstić information content (AvgIpc) is 3.85. The second kappa shape index (κ2) is 20.8. The van der Waals surface area contributed by atoms with Gasteiger partial charge in [-0.25, -0.2) is 29.3 Å². The summed E-state index contributed by atoms with van der Waals surface area (Å²) >= 11 is 0. The number of ether oxygens (including phenoxy) is 3. The lowest BCUT2D eigenvalue weighted by Crippen LogP contribution is -2.45. The van der Waals surface area contributed by atoms with E-state index in [2.05, 4.69) is 20.3 Å². The molecule has 2 atom stereocenters. The Kier molecular flexibility index (Phi) is 14.0. The first-order chi connectivity index (χ1) is 34.3. The normalized spacial score (nSPS) is 16.2. The second-order valence-corrected chi connectivity index (χ2v) is 18.8. The molecule has 0 aliphatic carbocycles. The van der Waals surface area contributed by atoms with Gasteiger partial charge in [0.25, 0.3) is 0 Å². The number of fused-ring (bicyclic) bond motifs is 2. The van der Waals surface area contributed by atoms with Crippen molar-refractivity contribution >= 4 is 46.1 Å². The van der Waals surface area contributed by atoms with Crippen LogP contribution in [0, 0.1) is 0 Å². The predicted molar refractivity (Wildman–Crippen MR) is 277 cm³/mol. The van der Waals surface area contributed by atoms with Crippen molar-refractivity contribution in [2.75, 3.05) is 46.0 Å². The molecule has 17 heteroatoms. The third-order valence-corrected chi connectivity index (χ3v) is 12.2. The number of likely N-dealkylation sites (tertiary alicyclic amines) is 1. The molecule has 1 amide bonds. The van der Waals surface area contributed by atoms with Gasteiger partial charge in [-0.3, -0.25) is 18.3 Å². The zero-order valence-corrected chi connectivity index (χ0v) is 40.6. The van der Waals surface area contributed by atoms with Crippen molar-refractivity contribution in [1.29, 1.82) is 0 Å². The molecule has 0 unspecified atom stereocenters. The van der Waals surface area contributed by atoms with E-state index in [-0.39, 0.29) is 29.6 Å². The molecule has 0 radical (unpaired) electrons. The number of aliphatic imine (C=N–C) groups is 1. The molecule has 2 saturated heterocycles. The minimum absolute atomic E-state index is 0.0949. The van der Waals surface area contributed by atoms with E-state index in [0.717, 1.165) is 61.5 Å². The maximum atomic E-state index is 14.2. The van der Waals surface area contributed by atoms with Gasteiger partial charge in [-0.2, -0.15) is 0 Å². The summed E-state index contributed by atoms with van der Waals surface area (Å²) in [7, 11) is 3.75. The van der Waals surface area contributed by atoms with Crippen molar-refractivity contribution < 1.29 is 19.0 Å². The van der Waals surface area contributed by atoms with Gasteiger partial charge in [0.05, 0.1) is 40.8 Å². The molecule has 0 bridgehead atoms. The van der Waals surface area contributed by atoms with Crippen LogP contribution < -0.4 is 31.9 Å². The Morgan fingerprint density at radius 1 is 0.704 bits per heavy atom. The van der Waals surface area contributed by atoms with Gasteiger partial charge in [-0.15, -0.1) is 0 Å². The van der Waals surface area contributed by atoms with Gasteiger partial charge in [-0.1, -0.05) is 36.4 Å². The number of piperidine rings is 2. The van der Waals surface area contributed by atoms with Crippen LogP contribution in [0.15, 0.2) is 148 Å². The van der Waals surface area contributed by atoms with Gasteiger partial charge in [0, 0.05) is 46.1 Å². The molecule has 4 aromatic heterocycles. The van der Waals surface area contributed by atoms with Gasteiger partial charge < -0.3 is 35.1 Å². The van der Waals surface area contributed by atoms with Crippen LogP contribution in [0.3, 0.4) is 0 Å². The van der Waals surface area contributed by atoms with Crippen molar-refractivity contribution in [3.05, 3.63) is 155 Å². The first-order valence-corrected chi connectivity index (χ1v) is 23.9. The lowest BCUT2D eigenvalue weighted by molar-refractivity contribution is 0.0172. The minimum atomic E-state index is -0.599. The van der Waals surface area contributed by atoms with Crippen molar-refractivity contribution in [2.24, 2.45) is 4.99 Å². The Balaban J connectivity index is 0.000000184. The van der Waals surface area contributed by atoms with E-state index in [9.17, 15) is 14.4 Å². The third kappa shape index (κ3) is 10.7. The topological polar surface area (TPSA) is 181 Å². The van der Waals surface area contributed by atoms with Crippen LogP contribution in [-0.2, 0) is 4.74 Å². The van der Waals surface area contributed by atoms with E-state index in [1.165, 1.54) is 0 Å². The van der Waals surface area contributed by atoms with Crippen molar-refractivity contribution in [3.63, 3.8) is 0 Å². The minimum Gasteiger partial charge on any atom is -0.457 e. The number of nitrogens with one attached hydrogen (secondary N) is 1. The van der Waals surface area contributed by atoms with E-state index in [0.29, 0.717) is 58.5 Å².